The van der Waals surface area contributed by atoms with Gasteiger partial charge in [0.05, 0.1) is 0 Å². The van der Waals surface area contributed by atoms with Crippen LogP contribution in [0.3, 0.4) is 0 Å². The number of hydrogen-bond acceptors (Lipinski definition) is 3. The first-order valence-electron chi connectivity index (χ1n) is 8.60. The van der Waals surface area contributed by atoms with E-state index in [4.69, 9.17) is 5.73 Å². The third-order valence-electron chi connectivity index (χ3n) is 4.68. The van der Waals surface area contributed by atoms with Crippen molar-refractivity contribution in [1.82, 2.24) is 4.90 Å². The highest BCUT2D eigenvalue weighted by molar-refractivity contribution is 5.95. The molecule has 4 nitrogen and oxygen atoms in total. The maximum absolute atomic E-state index is 12.9. The standard InChI is InChI=1S/C20H25N3O/c1-15-10-11-23(19(12-15)14-21)20(24)16-6-5-9-18(13-16)22-17-7-3-2-4-8-17/h2-9,13,15,19,22H,10-12,14,21H2,1H3. The van der Waals surface area contributed by atoms with Gasteiger partial charge in [-0.15, -0.1) is 0 Å². The van der Waals surface area contributed by atoms with Crippen LogP contribution in [0.1, 0.15) is 30.1 Å². The normalized spacial score (nSPS) is 20.7. The highest BCUT2D eigenvalue weighted by atomic mass is 16.2. The molecule has 1 amide bonds. The van der Waals surface area contributed by atoms with Crippen molar-refractivity contribution < 1.29 is 4.79 Å². The van der Waals surface area contributed by atoms with Gasteiger partial charge in [0, 0.05) is 36.1 Å². The number of nitrogens with one attached hydrogen (secondary N) is 1. The molecule has 0 spiro atoms. The lowest BCUT2D eigenvalue weighted by atomic mass is 9.92. The summed E-state index contributed by atoms with van der Waals surface area (Å²) in [5.41, 5.74) is 8.54. The SMILES string of the molecule is CC1CCN(C(=O)c2cccc(Nc3ccccc3)c2)C(CN)C1. The summed E-state index contributed by atoms with van der Waals surface area (Å²) in [5, 5.41) is 3.34. The summed E-state index contributed by atoms with van der Waals surface area (Å²) < 4.78 is 0. The zero-order valence-corrected chi connectivity index (χ0v) is 14.1. The molecule has 2 aromatic carbocycles. The van der Waals surface area contributed by atoms with Crippen molar-refractivity contribution in [3.05, 3.63) is 60.2 Å². The Balaban J connectivity index is 1.76. The first-order valence-corrected chi connectivity index (χ1v) is 8.60. The maximum atomic E-state index is 12.9. The van der Waals surface area contributed by atoms with Gasteiger partial charge in [-0.2, -0.15) is 0 Å². The van der Waals surface area contributed by atoms with Crippen LogP contribution in [0.15, 0.2) is 54.6 Å². The molecule has 0 saturated carbocycles. The molecule has 0 aliphatic carbocycles. The van der Waals surface area contributed by atoms with E-state index < -0.39 is 0 Å². The smallest absolute Gasteiger partial charge is 0.254 e. The van der Waals surface area contributed by atoms with Crippen LogP contribution in [-0.2, 0) is 0 Å². The Kier molecular flexibility index (Phi) is 5.16. The Morgan fingerprint density at radius 1 is 1.17 bits per heavy atom. The molecule has 2 aromatic rings. The number of amides is 1. The molecule has 1 aliphatic heterocycles. The minimum atomic E-state index is 0.0778. The molecule has 0 aromatic heterocycles. The van der Waals surface area contributed by atoms with Crippen molar-refractivity contribution in [2.45, 2.75) is 25.8 Å². The van der Waals surface area contributed by atoms with Crippen molar-refractivity contribution in [3.63, 3.8) is 0 Å². The van der Waals surface area contributed by atoms with Crippen LogP contribution in [0.2, 0.25) is 0 Å². The molecule has 1 heterocycles. The lowest BCUT2D eigenvalue weighted by molar-refractivity contribution is 0.0573. The van der Waals surface area contributed by atoms with E-state index in [-0.39, 0.29) is 11.9 Å². The number of benzene rings is 2. The van der Waals surface area contributed by atoms with Gasteiger partial charge in [0.2, 0.25) is 0 Å². The van der Waals surface area contributed by atoms with Crippen LogP contribution in [0.25, 0.3) is 0 Å². The fourth-order valence-electron chi connectivity index (χ4n) is 3.33. The van der Waals surface area contributed by atoms with E-state index in [0.29, 0.717) is 18.0 Å². The van der Waals surface area contributed by atoms with Gasteiger partial charge in [-0.25, -0.2) is 0 Å². The van der Waals surface area contributed by atoms with Crippen LogP contribution in [0.4, 0.5) is 11.4 Å². The largest absolute Gasteiger partial charge is 0.356 e. The molecule has 1 saturated heterocycles. The number of likely N-dealkylation sites (tertiary alicyclic amines) is 1. The van der Waals surface area contributed by atoms with Crippen LogP contribution >= 0.6 is 0 Å². The molecular formula is C20H25N3O. The number of nitrogens with zero attached hydrogens (tertiary/aromatic N) is 1. The second kappa shape index (κ2) is 7.49. The summed E-state index contributed by atoms with van der Waals surface area (Å²) >= 11 is 0. The zero-order valence-electron chi connectivity index (χ0n) is 14.1. The molecule has 3 rings (SSSR count). The highest BCUT2D eigenvalue weighted by Gasteiger charge is 2.29. The second-order valence-corrected chi connectivity index (χ2v) is 6.59. The number of piperidine rings is 1. The topological polar surface area (TPSA) is 58.4 Å². The highest BCUT2D eigenvalue weighted by Crippen LogP contribution is 2.25. The van der Waals surface area contributed by atoms with Crippen molar-refractivity contribution in [2.24, 2.45) is 11.7 Å². The molecule has 126 valence electrons. The van der Waals surface area contributed by atoms with E-state index >= 15 is 0 Å². The van der Waals surface area contributed by atoms with Crippen molar-refractivity contribution in [3.8, 4) is 0 Å². The van der Waals surface area contributed by atoms with Crippen molar-refractivity contribution in [1.29, 1.82) is 0 Å². The van der Waals surface area contributed by atoms with Gasteiger partial charge in [0.1, 0.15) is 0 Å². The lowest BCUT2D eigenvalue weighted by Crippen LogP contribution is -2.49. The number of para-hydroxylation sites is 1. The summed E-state index contributed by atoms with van der Waals surface area (Å²) in [4.78, 5) is 14.9. The van der Waals surface area contributed by atoms with Gasteiger partial charge in [0.25, 0.3) is 5.91 Å². The zero-order chi connectivity index (χ0) is 16.9. The van der Waals surface area contributed by atoms with Gasteiger partial charge >= 0.3 is 0 Å². The summed E-state index contributed by atoms with van der Waals surface area (Å²) in [6.07, 6.45) is 2.04. The van der Waals surface area contributed by atoms with E-state index in [1.165, 1.54) is 0 Å². The quantitative estimate of drug-likeness (QED) is 0.903. The van der Waals surface area contributed by atoms with Crippen LogP contribution in [0.5, 0.6) is 0 Å². The molecule has 2 atom stereocenters. The van der Waals surface area contributed by atoms with Gasteiger partial charge in [-0.3, -0.25) is 4.79 Å². The second-order valence-electron chi connectivity index (χ2n) is 6.59. The summed E-state index contributed by atoms with van der Waals surface area (Å²) in [5.74, 6) is 0.711. The molecule has 1 aliphatic rings. The fourth-order valence-corrected chi connectivity index (χ4v) is 3.33. The number of nitrogens with two attached hydrogens (primary N) is 1. The minimum Gasteiger partial charge on any atom is -0.356 e. The predicted molar refractivity (Wildman–Crippen MR) is 98.4 cm³/mol. The van der Waals surface area contributed by atoms with Gasteiger partial charge in [0.15, 0.2) is 0 Å². The molecule has 3 N–H and O–H groups in total. The molecule has 0 radical (unpaired) electrons. The molecular weight excluding hydrogens is 298 g/mol. The predicted octanol–water partition coefficient (Wildman–Crippen LogP) is 3.63. The van der Waals surface area contributed by atoms with Crippen LogP contribution in [0, 0.1) is 5.92 Å². The van der Waals surface area contributed by atoms with Gasteiger partial charge in [-0.1, -0.05) is 31.2 Å². The third kappa shape index (κ3) is 3.77. The molecule has 24 heavy (non-hydrogen) atoms. The number of hydrogen-bond donors (Lipinski definition) is 2. The minimum absolute atomic E-state index is 0.0778. The molecule has 0 bridgehead atoms. The molecule has 1 fully saturated rings. The Morgan fingerprint density at radius 3 is 2.67 bits per heavy atom. The van der Waals surface area contributed by atoms with E-state index in [0.717, 1.165) is 30.8 Å². The summed E-state index contributed by atoms with van der Waals surface area (Å²) in [7, 11) is 0. The molecule has 2 unspecified atom stereocenters. The van der Waals surface area contributed by atoms with Crippen LogP contribution in [-0.4, -0.2) is 29.9 Å². The monoisotopic (exact) mass is 323 g/mol. The van der Waals surface area contributed by atoms with Crippen LogP contribution < -0.4 is 11.1 Å². The Bertz CT molecular complexity index is 686. The van der Waals surface area contributed by atoms with E-state index in [2.05, 4.69) is 12.2 Å². The van der Waals surface area contributed by atoms with E-state index in [9.17, 15) is 4.79 Å². The van der Waals surface area contributed by atoms with E-state index in [1.54, 1.807) is 0 Å². The first kappa shape index (κ1) is 16.5. The Hall–Kier alpha value is -2.33. The van der Waals surface area contributed by atoms with Crippen molar-refractivity contribution in [2.75, 3.05) is 18.4 Å². The summed E-state index contributed by atoms with van der Waals surface area (Å²) in [6.45, 7) is 3.55. The van der Waals surface area contributed by atoms with E-state index in [1.807, 2.05) is 59.5 Å². The number of rotatable bonds is 4. The average Bonchev–Trinajstić information content (AvgIpc) is 2.62. The lowest BCUT2D eigenvalue weighted by Gasteiger charge is -2.38. The average molecular weight is 323 g/mol. The Morgan fingerprint density at radius 2 is 1.92 bits per heavy atom. The first-order chi connectivity index (χ1) is 11.7. The number of carbonyl (C=O) groups excluding carboxylic acids is 1. The third-order valence-corrected chi connectivity index (χ3v) is 4.68. The number of carbonyl (C=O) groups is 1. The van der Waals surface area contributed by atoms with Gasteiger partial charge < -0.3 is 16.0 Å². The van der Waals surface area contributed by atoms with Gasteiger partial charge in [-0.05, 0) is 49.1 Å². The van der Waals surface area contributed by atoms with Crippen molar-refractivity contribution >= 4 is 17.3 Å². The number of anilines is 2. The Labute approximate surface area is 143 Å². The maximum Gasteiger partial charge on any atom is 0.254 e. The fraction of sp³-hybridized carbons (Fsp3) is 0.350. The molecule has 4 heteroatoms. The summed E-state index contributed by atoms with van der Waals surface area (Å²) in [6, 6.07) is 17.8.